The van der Waals surface area contributed by atoms with Crippen LogP contribution in [0.25, 0.3) is 0 Å². The summed E-state index contributed by atoms with van der Waals surface area (Å²) in [6, 6.07) is 7.22. The lowest BCUT2D eigenvalue weighted by molar-refractivity contribution is -0.148. The molecule has 2 amide bonds. The van der Waals surface area contributed by atoms with E-state index in [1.807, 2.05) is 24.3 Å². The summed E-state index contributed by atoms with van der Waals surface area (Å²) in [4.78, 5) is 36.3. The Balaban J connectivity index is 1.91. The van der Waals surface area contributed by atoms with E-state index in [0.717, 1.165) is 5.56 Å². The van der Waals surface area contributed by atoms with Crippen LogP contribution in [0.2, 0.25) is 5.02 Å². The minimum atomic E-state index is -0.464. The summed E-state index contributed by atoms with van der Waals surface area (Å²) in [6.45, 7) is 2.35. The number of allylic oxidation sites excluding steroid dienone is 2. The molecule has 27 heavy (non-hydrogen) atoms. The van der Waals surface area contributed by atoms with Crippen molar-refractivity contribution >= 4 is 29.4 Å². The molecule has 146 valence electrons. The van der Waals surface area contributed by atoms with Crippen molar-refractivity contribution in [2.75, 3.05) is 6.54 Å². The second kappa shape index (κ2) is 10.7. The standard InChI is InChI=1S/C20H25ClN2O4/c1-14-12-23-20(26)16(5-3-2-4-6-19(25)27-14)11-18(24)22-13-15-7-9-17(21)10-8-15/h2-3,7-10,14,16H,4-6,11-13H2,1H3,(H,22,24)(H,23,26)/b3-2-/t14-,16+/m1/s1. The van der Waals surface area contributed by atoms with Gasteiger partial charge in [0.05, 0.1) is 12.5 Å². The van der Waals surface area contributed by atoms with Crippen molar-refractivity contribution < 1.29 is 19.1 Å². The summed E-state index contributed by atoms with van der Waals surface area (Å²) >= 11 is 5.85. The number of rotatable bonds is 4. The van der Waals surface area contributed by atoms with Crippen molar-refractivity contribution in [3.8, 4) is 0 Å². The van der Waals surface area contributed by atoms with E-state index in [4.69, 9.17) is 16.3 Å². The van der Waals surface area contributed by atoms with Gasteiger partial charge in [0, 0.05) is 24.4 Å². The molecule has 0 fully saturated rings. The Morgan fingerprint density at radius 2 is 2.00 bits per heavy atom. The van der Waals surface area contributed by atoms with E-state index >= 15 is 0 Å². The van der Waals surface area contributed by atoms with Gasteiger partial charge >= 0.3 is 5.97 Å². The fraction of sp³-hybridized carbons (Fsp3) is 0.450. The molecule has 7 heteroatoms. The average Bonchev–Trinajstić information content (AvgIpc) is 2.63. The lowest BCUT2D eigenvalue weighted by Gasteiger charge is -2.19. The van der Waals surface area contributed by atoms with Crippen LogP contribution in [0.1, 0.15) is 38.2 Å². The molecule has 0 saturated carbocycles. The smallest absolute Gasteiger partial charge is 0.306 e. The van der Waals surface area contributed by atoms with Crippen molar-refractivity contribution in [2.24, 2.45) is 5.92 Å². The Morgan fingerprint density at radius 3 is 2.74 bits per heavy atom. The lowest BCUT2D eigenvalue weighted by atomic mass is 9.98. The number of ether oxygens (including phenoxy) is 1. The van der Waals surface area contributed by atoms with E-state index in [1.165, 1.54) is 0 Å². The zero-order chi connectivity index (χ0) is 19.6. The van der Waals surface area contributed by atoms with Crippen molar-refractivity contribution in [1.82, 2.24) is 10.6 Å². The number of carbonyl (C=O) groups excluding carboxylic acids is 3. The number of halogens is 1. The fourth-order valence-electron chi connectivity index (χ4n) is 2.68. The van der Waals surface area contributed by atoms with Crippen molar-refractivity contribution in [1.29, 1.82) is 0 Å². The summed E-state index contributed by atoms with van der Waals surface area (Å²) in [5.41, 5.74) is 0.937. The van der Waals surface area contributed by atoms with Crippen LogP contribution < -0.4 is 10.6 Å². The van der Waals surface area contributed by atoms with Gasteiger partial charge in [-0.15, -0.1) is 0 Å². The van der Waals surface area contributed by atoms with Gasteiger partial charge in [0.1, 0.15) is 6.10 Å². The minimum Gasteiger partial charge on any atom is -0.461 e. The molecule has 2 rings (SSSR count). The second-order valence-corrected chi connectivity index (χ2v) is 7.03. The van der Waals surface area contributed by atoms with Crippen LogP contribution in [0.3, 0.4) is 0 Å². The average molecular weight is 393 g/mol. The predicted octanol–water partition coefficient (Wildman–Crippen LogP) is 2.75. The number of benzene rings is 1. The second-order valence-electron chi connectivity index (χ2n) is 6.60. The normalized spacial score (nSPS) is 22.6. The van der Waals surface area contributed by atoms with Gasteiger partial charge in [-0.05, 0) is 37.5 Å². The number of esters is 1. The molecule has 1 aliphatic rings. The highest BCUT2D eigenvalue weighted by molar-refractivity contribution is 6.30. The molecule has 0 aromatic heterocycles. The first-order valence-corrected chi connectivity index (χ1v) is 9.45. The van der Waals surface area contributed by atoms with Crippen LogP contribution in [0, 0.1) is 5.92 Å². The van der Waals surface area contributed by atoms with Crippen molar-refractivity contribution in [2.45, 2.75) is 45.3 Å². The van der Waals surface area contributed by atoms with Gasteiger partial charge in [0.15, 0.2) is 0 Å². The maximum Gasteiger partial charge on any atom is 0.306 e. The molecular formula is C20H25ClN2O4. The van der Waals surface area contributed by atoms with Gasteiger partial charge in [0.2, 0.25) is 11.8 Å². The summed E-state index contributed by atoms with van der Waals surface area (Å²) < 4.78 is 5.21. The molecule has 0 bridgehead atoms. The molecule has 1 aromatic carbocycles. The number of hydrogen-bond acceptors (Lipinski definition) is 4. The Hall–Kier alpha value is -2.34. The van der Waals surface area contributed by atoms with Gasteiger partial charge in [-0.1, -0.05) is 35.9 Å². The van der Waals surface area contributed by atoms with E-state index in [0.29, 0.717) is 30.8 Å². The van der Waals surface area contributed by atoms with Crippen LogP contribution in [0.4, 0.5) is 0 Å². The highest BCUT2D eigenvalue weighted by Gasteiger charge is 2.22. The lowest BCUT2D eigenvalue weighted by Crippen LogP contribution is -2.39. The monoisotopic (exact) mass is 392 g/mol. The Bertz CT molecular complexity index is 688. The topological polar surface area (TPSA) is 84.5 Å². The SMILES string of the molecule is C[C@@H]1CNC(=O)[C@H](CC(=O)NCc2ccc(Cl)cc2)C/C=C\CCC(=O)O1. The maximum atomic E-state index is 12.4. The summed E-state index contributed by atoms with van der Waals surface area (Å²) in [5.74, 6) is -1.15. The van der Waals surface area contributed by atoms with E-state index in [-0.39, 0.29) is 30.7 Å². The van der Waals surface area contributed by atoms with Gasteiger partial charge in [-0.2, -0.15) is 0 Å². The van der Waals surface area contributed by atoms with Crippen LogP contribution in [-0.4, -0.2) is 30.4 Å². The molecule has 0 radical (unpaired) electrons. The molecule has 0 saturated heterocycles. The molecule has 2 N–H and O–H groups in total. The first-order valence-electron chi connectivity index (χ1n) is 9.07. The molecular weight excluding hydrogens is 368 g/mol. The van der Waals surface area contributed by atoms with Gasteiger partial charge < -0.3 is 15.4 Å². The molecule has 6 nitrogen and oxygen atoms in total. The number of amides is 2. The summed E-state index contributed by atoms with van der Waals surface area (Å²) in [7, 11) is 0. The van der Waals surface area contributed by atoms with Crippen molar-refractivity contribution in [3.05, 3.63) is 47.0 Å². The zero-order valence-electron chi connectivity index (χ0n) is 15.4. The van der Waals surface area contributed by atoms with Crippen LogP contribution >= 0.6 is 11.6 Å². The summed E-state index contributed by atoms with van der Waals surface area (Å²) in [6.07, 6.45) is 4.70. The van der Waals surface area contributed by atoms with Gasteiger partial charge in [-0.3, -0.25) is 14.4 Å². The number of hydrogen-bond donors (Lipinski definition) is 2. The fourth-order valence-corrected chi connectivity index (χ4v) is 2.80. The van der Waals surface area contributed by atoms with E-state index in [1.54, 1.807) is 19.1 Å². The third kappa shape index (κ3) is 7.83. The minimum absolute atomic E-state index is 0.0952. The van der Waals surface area contributed by atoms with Crippen LogP contribution in [0.5, 0.6) is 0 Å². The van der Waals surface area contributed by atoms with Crippen LogP contribution in [0.15, 0.2) is 36.4 Å². The number of nitrogens with one attached hydrogen (secondary N) is 2. The number of cyclic esters (lactones) is 1. The Morgan fingerprint density at radius 1 is 1.26 bits per heavy atom. The zero-order valence-corrected chi connectivity index (χ0v) is 16.1. The number of carbonyl (C=O) groups is 3. The summed E-state index contributed by atoms with van der Waals surface area (Å²) in [5, 5.41) is 6.23. The maximum absolute atomic E-state index is 12.4. The van der Waals surface area contributed by atoms with Gasteiger partial charge in [-0.25, -0.2) is 0 Å². The molecule has 1 aromatic rings. The van der Waals surface area contributed by atoms with Crippen LogP contribution in [-0.2, 0) is 25.7 Å². The van der Waals surface area contributed by atoms with E-state index in [2.05, 4.69) is 10.6 Å². The van der Waals surface area contributed by atoms with Gasteiger partial charge in [0.25, 0.3) is 0 Å². The molecule has 0 unspecified atom stereocenters. The van der Waals surface area contributed by atoms with Crippen molar-refractivity contribution in [3.63, 3.8) is 0 Å². The molecule has 0 aliphatic carbocycles. The Labute approximate surface area is 164 Å². The third-order valence-electron chi connectivity index (χ3n) is 4.20. The van der Waals surface area contributed by atoms with E-state index < -0.39 is 12.0 Å². The highest BCUT2D eigenvalue weighted by Crippen LogP contribution is 2.13. The highest BCUT2D eigenvalue weighted by atomic mass is 35.5. The molecule has 1 heterocycles. The largest absolute Gasteiger partial charge is 0.461 e. The molecule has 1 aliphatic heterocycles. The molecule has 0 spiro atoms. The Kier molecular flexibility index (Phi) is 8.33. The van der Waals surface area contributed by atoms with E-state index in [9.17, 15) is 14.4 Å². The molecule has 2 atom stereocenters. The first kappa shape index (κ1) is 21.0. The predicted molar refractivity (Wildman–Crippen MR) is 103 cm³/mol. The first-order chi connectivity index (χ1) is 12.9. The quantitative estimate of drug-likeness (QED) is 0.609. The third-order valence-corrected chi connectivity index (χ3v) is 4.46.